The van der Waals surface area contributed by atoms with Gasteiger partial charge in [-0.1, -0.05) is 48.0 Å². The number of nitrogens with zero attached hydrogens (tertiary/aromatic N) is 2. The van der Waals surface area contributed by atoms with Gasteiger partial charge in [0.15, 0.2) is 9.84 Å². The van der Waals surface area contributed by atoms with Crippen molar-refractivity contribution in [2.24, 2.45) is 0 Å². The Morgan fingerprint density at radius 2 is 1.84 bits per heavy atom. The third-order valence-corrected chi connectivity index (χ3v) is 9.56. The van der Waals surface area contributed by atoms with Crippen LogP contribution in [-0.2, 0) is 26.8 Å². The Kier molecular flexibility index (Phi) is 8.97. The van der Waals surface area contributed by atoms with Crippen LogP contribution in [0, 0.1) is 5.82 Å². The number of anilines is 2. The standard InChI is InChI=1S/C34H30ClFN4O4S/c35-30-20-27(11-13-32(30)43-21-24-6-4-7-26(36)18-24)40-33-29-19-25(10-12-31(29)38-23-39-33)34(14-5-16-44-34)22-37-15-17-45(41,42)28-8-2-1-3-9-28/h1-13,16,18-20,23,37H,14-15,17,21-22H2,(H,38,39,40). The Morgan fingerprint density at radius 1 is 0.978 bits per heavy atom. The average molecular weight is 645 g/mol. The highest BCUT2D eigenvalue weighted by Gasteiger charge is 2.35. The van der Waals surface area contributed by atoms with E-state index in [0.29, 0.717) is 45.7 Å². The molecule has 6 rings (SSSR count). The third-order valence-electron chi connectivity index (χ3n) is 7.54. The van der Waals surface area contributed by atoms with Crippen molar-refractivity contribution in [2.45, 2.75) is 23.5 Å². The molecule has 0 saturated heterocycles. The quantitative estimate of drug-likeness (QED) is 0.141. The predicted molar refractivity (Wildman–Crippen MR) is 173 cm³/mol. The Balaban J connectivity index is 1.17. The van der Waals surface area contributed by atoms with Crippen LogP contribution in [0.2, 0.25) is 5.02 Å². The molecule has 1 aromatic heterocycles. The van der Waals surface area contributed by atoms with Crippen molar-refractivity contribution in [2.75, 3.05) is 24.2 Å². The number of hydrogen-bond donors (Lipinski definition) is 2. The molecule has 0 spiro atoms. The van der Waals surface area contributed by atoms with Crippen LogP contribution in [0.15, 0.2) is 115 Å². The topological polar surface area (TPSA) is 102 Å². The number of hydrogen-bond acceptors (Lipinski definition) is 8. The van der Waals surface area contributed by atoms with E-state index in [2.05, 4.69) is 20.6 Å². The van der Waals surface area contributed by atoms with Gasteiger partial charge in [-0.3, -0.25) is 0 Å². The predicted octanol–water partition coefficient (Wildman–Crippen LogP) is 6.94. The van der Waals surface area contributed by atoms with Gasteiger partial charge in [-0.25, -0.2) is 22.8 Å². The van der Waals surface area contributed by atoms with Gasteiger partial charge in [0.2, 0.25) is 0 Å². The summed E-state index contributed by atoms with van der Waals surface area (Å²) < 4.78 is 50.9. The van der Waals surface area contributed by atoms with Crippen LogP contribution in [-0.4, -0.2) is 37.2 Å². The van der Waals surface area contributed by atoms with Crippen LogP contribution in [0.3, 0.4) is 0 Å². The maximum atomic E-state index is 13.5. The molecule has 11 heteroatoms. The summed E-state index contributed by atoms with van der Waals surface area (Å²) in [6.45, 7) is 0.855. The van der Waals surface area contributed by atoms with Crippen molar-refractivity contribution in [3.8, 4) is 5.75 Å². The van der Waals surface area contributed by atoms with E-state index in [-0.39, 0.29) is 24.7 Å². The lowest BCUT2D eigenvalue weighted by molar-refractivity contribution is 0.0419. The molecule has 230 valence electrons. The van der Waals surface area contributed by atoms with E-state index in [0.717, 1.165) is 16.5 Å². The summed E-state index contributed by atoms with van der Waals surface area (Å²) in [5, 5.41) is 7.79. The van der Waals surface area contributed by atoms with Crippen LogP contribution < -0.4 is 15.4 Å². The van der Waals surface area contributed by atoms with Gasteiger partial charge < -0.3 is 20.1 Å². The number of aromatic nitrogens is 2. The summed E-state index contributed by atoms with van der Waals surface area (Å²) in [7, 11) is -3.40. The highest BCUT2D eigenvalue weighted by molar-refractivity contribution is 7.91. The number of benzene rings is 4. The van der Waals surface area contributed by atoms with Gasteiger partial charge in [0.25, 0.3) is 0 Å². The van der Waals surface area contributed by atoms with E-state index >= 15 is 0 Å². The number of nitrogens with one attached hydrogen (secondary N) is 2. The van der Waals surface area contributed by atoms with E-state index in [9.17, 15) is 12.8 Å². The summed E-state index contributed by atoms with van der Waals surface area (Å²) in [5.74, 6) is 0.693. The van der Waals surface area contributed by atoms with Gasteiger partial charge in [0.05, 0.1) is 27.4 Å². The first-order chi connectivity index (χ1) is 21.8. The molecule has 0 bridgehead atoms. The number of sulfone groups is 1. The molecule has 1 aliphatic heterocycles. The highest BCUT2D eigenvalue weighted by atomic mass is 35.5. The minimum absolute atomic E-state index is 0.0304. The van der Waals surface area contributed by atoms with Crippen molar-refractivity contribution in [1.29, 1.82) is 0 Å². The van der Waals surface area contributed by atoms with Crippen LogP contribution in [0.25, 0.3) is 10.9 Å². The SMILES string of the molecule is O=S(=O)(CCNCC1(c2ccc3ncnc(Nc4ccc(OCc5cccc(F)c5)c(Cl)c4)c3c2)CC=CO1)c1ccccc1. The van der Waals surface area contributed by atoms with E-state index in [4.69, 9.17) is 21.1 Å². The Hall–Kier alpha value is -4.51. The lowest BCUT2D eigenvalue weighted by Gasteiger charge is -2.30. The largest absolute Gasteiger partial charge is 0.489 e. The second-order valence-corrected chi connectivity index (χ2v) is 13.2. The summed E-state index contributed by atoms with van der Waals surface area (Å²) in [4.78, 5) is 9.23. The van der Waals surface area contributed by atoms with Gasteiger partial charge >= 0.3 is 0 Å². The van der Waals surface area contributed by atoms with E-state index in [1.54, 1.807) is 60.9 Å². The average Bonchev–Trinajstić information content (AvgIpc) is 3.53. The third kappa shape index (κ3) is 7.09. The number of rotatable bonds is 12. The molecule has 4 aromatic carbocycles. The fourth-order valence-corrected chi connectivity index (χ4v) is 6.62. The Bertz CT molecular complexity index is 1950. The molecule has 0 amide bonds. The molecule has 0 saturated carbocycles. The molecule has 2 heterocycles. The molecule has 2 N–H and O–H groups in total. The summed E-state index contributed by atoms with van der Waals surface area (Å²) in [6, 6.07) is 25.8. The molecule has 5 aromatic rings. The fraction of sp³-hybridized carbons (Fsp3) is 0.176. The van der Waals surface area contributed by atoms with E-state index in [1.807, 2.05) is 30.3 Å². The Labute approximate surface area is 265 Å². The molecule has 8 nitrogen and oxygen atoms in total. The molecule has 1 aliphatic rings. The summed E-state index contributed by atoms with van der Waals surface area (Å²) in [5.41, 5.74) is 2.30. The molecular weight excluding hydrogens is 615 g/mol. The first-order valence-corrected chi connectivity index (χ1v) is 16.3. The minimum Gasteiger partial charge on any atom is -0.489 e. The maximum absolute atomic E-state index is 13.5. The molecule has 1 atom stereocenters. The molecule has 1 unspecified atom stereocenters. The second kappa shape index (κ2) is 13.2. The molecule has 0 radical (unpaired) electrons. The van der Waals surface area contributed by atoms with Crippen molar-refractivity contribution in [1.82, 2.24) is 15.3 Å². The van der Waals surface area contributed by atoms with Gasteiger partial charge in [-0.2, -0.15) is 0 Å². The smallest absolute Gasteiger partial charge is 0.179 e. The number of halogens is 2. The van der Waals surface area contributed by atoms with Crippen molar-refractivity contribution in [3.05, 3.63) is 132 Å². The monoisotopic (exact) mass is 644 g/mol. The molecule has 45 heavy (non-hydrogen) atoms. The van der Waals surface area contributed by atoms with Crippen LogP contribution in [0.1, 0.15) is 17.5 Å². The lowest BCUT2D eigenvalue weighted by Crippen LogP contribution is -2.39. The maximum Gasteiger partial charge on any atom is 0.179 e. The molecular formula is C34H30ClFN4O4S. The Morgan fingerprint density at radius 3 is 2.62 bits per heavy atom. The van der Waals surface area contributed by atoms with Gasteiger partial charge in [-0.05, 0) is 71.8 Å². The van der Waals surface area contributed by atoms with E-state index < -0.39 is 15.4 Å². The zero-order chi connectivity index (χ0) is 31.3. The number of ether oxygens (including phenoxy) is 2. The van der Waals surface area contributed by atoms with Gasteiger partial charge in [0, 0.05) is 30.6 Å². The van der Waals surface area contributed by atoms with Crippen molar-refractivity contribution < 1.29 is 22.3 Å². The molecule has 0 fully saturated rings. The van der Waals surface area contributed by atoms with Crippen molar-refractivity contribution in [3.63, 3.8) is 0 Å². The normalized spacial score (nSPS) is 16.0. The van der Waals surface area contributed by atoms with Gasteiger partial charge in [-0.15, -0.1) is 0 Å². The van der Waals surface area contributed by atoms with Gasteiger partial charge in [0.1, 0.15) is 35.9 Å². The van der Waals surface area contributed by atoms with Crippen LogP contribution in [0.4, 0.5) is 15.9 Å². The zero-order valence-corrected chi connectivity index (χ0v) is 25.7. The van der Waals surface area contributed by atoms with Crippen LogP contribution >= 0.6 is 11.6 Å². The molecule has 0 aliphatic carbocycles. The lowest BCUT2D eigenvalue weighted by atomic mass is 9.90. The zero-order valence-electron chi connectivity index (χ0n) is 24.1. The second-order valence-electron chi connectivity index (χ2n) is 10.6. The summed E-state index contributed by atoms with van der Waals surface area (Å²) in [6.07, 6.45) is 5.72. The number of fused-ring (bicyclic) bond motifs is 1. The summed E-state index contributed by atoms with van der Waals surface area (Å²) >= 11 is 6.52. The highest BCUT2D eigenvalue weighted by Crippen LogP contribution is 2.37. The van der Waals surface area contributed by atoms with E-state index in [1.165, 1.54) is 18.5 Å². The first-order valence-electron chi connectivity index (χ1n) is 14.3. The van der Waals surface area contributed by atoms with Crippen LogP contribution in [0.5, 0.6) is 5.75 Å². The fourth-order valence-electron chi connectivity index (χ4n) is 5.17. The van der Waals surface area contributed by atoms with Crippen molar-refractivity contribution >= 4 is 43.8 Å². The first kappa shape index (κ1) is 30.5. The minimum atomic E-state index is -3.40.